The van der Waals surface area contributed by atoms with Gasteiger partial charge in [0, 0.05) is 98.6 Å². The van der Waals surface area contributed by atoms with E-state index in [4.69, 9.17) is 35.6 Å². The van der Waals surface area contributed by atoms with E-state index in [1.807, 2.05) is 30.5 Å². The Bertz CT molecular complexity index is 3340. The van der Waals surface area contributed by atoms with Gasteiger partial charge in [0.05, 0.1) is 57.6 Å². The summed E-state index contributed by atoms with van der Waals surface area (Å²) in [5.41, 5.74) is 4.36. The van der Waals surface area contributed by atoms with Crippen molar-refractivity contribution in [3.05, 3.63) is 89.4 Å². The summed E-state index contributed by atoms with van der Waals surface area (Å²) in [4.78, 5) is 85.6. The molecule has 410 valence electrons. The molecular formula is C59H64FN10O8P. The van der Waals surface area contributed by atoms with E-state index < -0.39 is 35.5 Å². The molecule has 0 saturated carbocycles. The summed E-state index contributed by atoms with van der Waals surface area (Å²) < 4.78 is 35.2. The minimum absolute atomic E-state index is 0.0301. The molecule has 5 aromatic rings. The molecule has 7 unspecified atom stereocenters. The Morgan fingerprint density at radius 2 is 1.77 bits per heavy atom. The van der Waals surface area contributed by atoms with Crippen LogP contribution in [0, 0.1) is 18.2 Å². The molecule has 6 fully saturated rings. The maximum atomic E-state index is 15.2. The fourth-order valence-corrected chi connectivity index (χ4v) is 13.8. The number of nitrogens with zero attached hydrogens (tertiary/aromatic N) is 7. The molecule has 5 amide bonds. The zero-order chi connectivity index (χ0) is 54.5. The molecule has 0 aliphatic carbocycles. The Labute approximate surface area is 459 Å². The van der Waals surface area contributed by atoms with Gasteiger partial charge < -0.3 is 34.6 Å². The number of halogens is 1. The van der Waals surface area contributed by atoms with E-state index in [1.165, 1.54) is 6.07 Å². The van der Waals surface area contributed by atoms with Crippen molar-refractivity contribution in [3.63, 3.8) is 0 Å². The predicted molar refractivity (Wildman–Crippen MR) is 299 cm³/mol. The first kappa shape index (κ1) is 52.7. The van der Waals surface area contributed by atoms with Crippen molar-refractivity contribution in [2.24, 2.45) is 0 Å². The molecule has 3 aromatic carbocycles. The number of imide groups is 2. The van der Waals surface area contributed by atoms with Crippen LogP contribution in [0.4, 0.5) is 15.9 Å². The molecule has 0 radical (unpaired) electrons. The van der Waals surface area contributed by atoms with Crippen LogP contribution in [-0.4, -0.2) is 156 Å². The topological polar surface area (TPSA) is 201 Å². The van der Waals surface area contributed by atoms with E-state index in [1.54, 1.807) is 18.2 Å². The van der Waals surface area contributed by atoms with E-state index in [0.29, 0.717) is 93.0 Å². The third-order valence-electron chi connectivity index (χ3n) is 17.3. The van der Waals surface area contributed by atoms with Gasteiger partial charge >= 0.3 is 6.01 Å². The van der Waals surface area contributed by atoms with Crippen molar-refractivity contribution in [2.75, 3.05) is 68.9 Å². The first-order valence-corrected chi connectivity index (χ1v) is 28.2. The van der Waals surface area contributed by atoms with Gasteiger partial charge in [0.15, 0.2) is 0 Å². The molecule has 2 aromatic heterocycles. The van der Waals surface area contributed by atoms with Crippen molar-refractivity contribution >= 4 is 77.8 Å². The van der Waals surface area contributed by atoms with E-state index in [2.05, 4.69) is 52.4 Å². The second-order valence-corrected chi connectivity index (χ2v) is 22.8. The van der Waals surface area contributed by atoms with Crippen LogP contribution in [-0.2, 0) is 23.9 Å². The minimum atomic E-state index is -1.02. The monoisotopic (exact) mass is 1090 g/mol. The quantitative estimate of drug-likeness (QED) is 0.0266. The fraction of sp³-hybridized carbons (Fsp3) is 0.458. The SMILES string of the molecule is C#Cc1c(F)ccc2cccc(-c3ncc4c(N5CC6CCC(C5)N6)nc(OCC56CCC(COCCC(CCNC=O)OC7CCN(c8ccc9c(c8)C(=O)N(C8CCC(=O)NC8=O)C9=O)CC7)N5CC(=C)C6)nc4c3P)c12. The lowest BCUT2D eigenvalue weighted by molar-refractivity contribution is -0.136. The smallest absolute Gasteiger partial charge is 0.319 e. The van der Waals surface area contributed by atoms with Crippen LogP contribution in [0.1, 0.15) is 96.9 Å². The molecule has 12 rings (SSSR count). The number of carbonyl (C=O) groups is 5. The standard InChI is InChI=1S/C59H64FN10O8P/c1-3-42-47(60)12-7-35-5-4-6-44(50(35)42)51-53(79)52-46(27-62-51)54(68-29-36-8-9-37(30-68)63-36)66-58(65-52)77-32-59-20-15-39(69(59)28-34(2)26-59)31-76-24-19-40(16-21-61-33-71)78-41-17-22-67(23-18-41)38-10-11-43-45(25-38)57(75)70(56(43)74)48-13-14-49(72)64-55(48)73/h1,4-7,10-12,25,27,33,36-37,39-41,48,63H,2,8-9,13-24,26,28-32,79H2,(H,61,71)(H,64,72,73). The summed E-state index contributed by atoms with van der Waals surface area (Å²) in [5, 5.41) is 11.8. The molecule has 9 heterocycles. The Morgan fingerprint density at radius 1 is 0.962 bits per heavy atom. The molecule has 2 bridgehead atoms. The van der Waals surface area contributed by atoms with E-state index in [0.717, 1.165) is 103 Å². The lowest BCUT2D eigenvalue weighted by Gasteiger charge is -2.36. The van der Waals surface area contributed by atoms with E-state index in [9.17, 15) is 24.0 Å². The van der Waals surface area contributed by atoms with Gasteiger partial charge in [0.2, 0.25) is 18.2 Å². The van der Waals surface area contributed by atoms with Crippen molar-refractivity contribution in [1.29, 1.82) is 0 Å². The number of hydrogen-bond acceptors (Lipinski definition) is 15. The first-order chi connectivity index (χ1) is 38.4. The van der Waals surface area contributed by atoms with Gasteiger partial charge in [-0.2, -0.15) is 9.97 Å². The number of piperidine rings is 2. The van der Waals surface area contributed by atoms with Crippen LogP contribution in [0.3, 0.4) is 0 Å². The van der Waals surface area contributed by atoms with Crippen LogP contribution < -0.4 is 35.8 Å². The highest BCUT2D eigenvalue weighted by atomic mass is 31.0. The Kier molecular flexibility index (Phi) is 14.7. The lowest BCUT2D eigenvalue weighted by Crippen LogP contribution is -2.54. The summed E-state index contributed by atoms with van der Waals surface area (Å²) in [6.07, 6.45) is 16.0. The molecule has 7 atom stereocenters. The number of rotatable bonds is 18. The van der Waals surface area contributed by atoms with Crippen LogP contribution in [0.2, 0.25) is 0 Å². The van der Waals surface area contributed by atoms with Crippen LogP contribution in [0.15, 0.2) is 66.9 Å². The molecule has 7 aliphatic heterocycles. The zero-order valence-electron chi connectivity index (χ0n) is 44.0. The average Bonchev–Trinajstić information content (AvgIpc) is 4.40. The molecule has 3 N–H and O–H groups in total. The van der Waals surface area contributed by atoms with Gasteiger partial charge in [-0.3, -0.25) is 44.1 Å². The number of carbonyl (C=O) groups excluding carboxylic acids is 5. The lowest BCUT2D eigenvalue weighted by atomic mass is 9.94. The highest BCUT2D eigenvalue weighted by molar-refractivity contribution is 7.28. The van der Waals surface area contributed by atoms with Gasteiger partial charge in [-0.1, -0.05) is 42.3 Å². The molecular weight excluding hydrogens is 1030 g/mol. The summed E-state index contributed by atoms with van der Waals surface area (Å²) in [7, 11) is 2.85. The van der Waals surface area contributed by atoms with Gasteiger partial charge in [-0.15, -0.1) is 15.7 Å². The zero-order valence-corrected chi connectivity index (χ0v) is 45.2. The molecule has 20 heteroatoms. The largest absolute Gasteiger partial charge is 0.461 e. The Hall–Kier alpha value is -6.94. The summed E-state index contributed by atoms with van der Waals surface area (Å²) in [5.74, 6) is 0.788. The number of piperazine rings is 1. The highest BCUT2D eigenvalue weighted by Gasteiger charge is 2.51. The summed E-state index contributed by atoms with van der Waals surface area (Å²) in [6.45, 7) is 9.96. The number of terminal acetylenes is 1. The van der Waals surface area contributed by atoms with Crippen molar-refractivity contribution in [2.45, 2.75) is 113 Å². The normalized spacial score (nSPS) is 24.6. The first-order valence-electron chi connectivity index (χ1n) is 27.6. The average molecular weight is 1090 g/mol. The number of aromatic nitrogens is 3. The number of anilines is 2. The number of amides is 5. The highest BCUT2D eigenvalue weighted by Crippen LogP contribution is 2.45. The third kappa shape index (κ3) is 10.1. The maximum absolute atomic E-state index is 15.2. The second-order valence-electron chi connectivity index (χ2n) is 22.2. The van der Waals surface area contributed by atoms with Crippen molar-refractivity contribution < 1.29 is 42.6 Å². The Morgan fingerprint density at radius 3 is 2.56 bits per heavy atom. The molecule has 18 nitrogen and oxygen atoms in total. The molecule has 6 saturated heterocycles. The second kappa shape index (κ2) is 21.9. The van der Waals surface area contributed by atoms with Crippen LogP contribution in [0.5, 0.6) is 6.01 Å². The van der Waals surface area contributed by atoms with Crippen molar-refractivity contribution in [3.8, 4) is 29.6 Å². The molecule has 7 aliphatic rings. The molecule has 0 spiro atoms. The number of pyridine rings is 1. The number of nitrogens with one attached hydrogen (secondary N) is 3. The fourth-order valence-electron chi connectivity index (χ4n) is 13.4. The number of hydrogen-bond donors (Lipinski definition) is 3. The van der Waals surface area contributed by atoms with Crippen molar-refractivity contribution in [1.82, 2.24) is 40.7 Å². The minimum Gasteiger partial charge on any atom is -0.461 e. The van der Waals surface area contributed by atoms with E-state index >= 15 is 4.39 Å². The number of ether oxygens (including phenoxy) is 3. The van der Waals surface area contributed by atoms with Crippen LogP contribution in [0.25, 0.3) is 32.9 Å². The number of benzene rings is 3. The summed E-state index contributed by atoms with van der Waals surface area (Å²) in [6, 6.07) is 14.2. The van der Waals surface area contributed by atoms with Gasteiger partial charge in [0.1, 0.15) is 24.3 Å². The van der Waals surface area contributed by atoms with Gasteiger partial charge in [-0.25, -0.2) is 4.39 Å². The maximum Gasteiger partial charge on any atom is 0.319 e. The Balaban J connectivity index is 0.691. The van der Waals surface area contributed by atoms with E-state index in [-0.39, 0.29) is 59.3 Å². The van der Waals surface area contributed by atoms with Gasteiger partial charge in [-0.05, 0) is 93.9 Å². The predicted octanol–water partition coefficient (Wildman–Crippen LogP) is 4.95. The summed E-state index contributed by atoms with van der Waals surface area (Å²) >= 11 is 0. The van der Waals surface area contributed by atoms with Gasteiger partial charge in [0.25, 0.3) is 11.8 Å². The molecule has 79 heavy (non-hydrogen) atoms. The number of fused-ring (bicyclic) bond motifs is 6. The van der Waals surface area contributed by atoms with Crippen LogP contribution >= 0.6 is 9.24 Å². The third-order valence-corrected chi connectivity index (χ3v) is 17.8.